The van der Waals surface area contributed by atoms with E-state index in [9.17, 15) is 0 Å². The van der Waals surface area contributed by atoms with Gasteiger partial charge in [-0.15, -0.1) is 0 Å². The Kier molecular flexibility index (Phi) is 1.81. The van der Waals surface area contributed by atoms with Gasteiger partial charge < -0.3 is 5.32 Å². The van der Waals surface area contributed by atoms with Gasteiger partial charge in [0, 0.05) is 25.1 Å². The Labute approximate surface area is 76.1 Å². The zero-order chi connectivity index (χ0) is 9.26. The molecule has 0 aliphatic heterocycles. The first-order valence-electron chi connectivity index (χ1n) is 4.07. The standard InChI is InChI=1S/C9H10N4/c1-6-5-7-8(9(10-2)13-6)12-4-3-11-7/h3-5H,1-2H3,(H,10,13). The van der Waals surface area contributed by atoms with E-state index in [0.717, 1.165) is 22.5 Å². The Hall–Kier alpha value is -1.71. The lowest BCUT2D eigenvalue weighted by molar-refractivity contribution is 1.17. The van der Waals surface area contributed by atoms with Crippen LogP contribution in [0.25, 0.3) is 11.0 Å². The first-order valence-corrected chi connectivity index (χ1v) is 4.07. The van der Waals surface area contributed by atoms with Crippen molar-refractivity contribution in [2.45, 2.75) is 6.92 Å². The first kappa shape index (κ1) is 7.91. The minimum Gasteiger partial charge on any atom is -0.371 e. The summed E-state index contributed by atoms with van der Waals surface area (Å²) in [5.74, 6) is 0.781. The van der Waals surface area contributed by atoms with Crippen LogP contribution in [0.15, 0.2) is 18.5 Å². The molecule has 0 aliphatic carbocycles. The zero-order valence-corrected chi connectivity index (χ0v) is 7.57. The Balaban J connectivity index is 2.81. The molecular weight excluding hydrogens is 164 g/mol. The molecular formula is C9H10N4. The van der Waals surface area contributed by atoms with Crippen molar-refractivity contribution in [2.24, 2.45) is 0 Å². The van der Waals surface area contributed by atoms with E-state index in [1.807, 2.05) is 20.0 Å². The second-order valence-electron chi connectivity index (χ2n) is 2.79. The number of hydrogen-bond donors (Lipinski definition) is 1. The number of rotatable bonds is 1. The van der Waals surface area contributed by atoms with E-state index in [0.29, 0.717) is 0 Å². The molecule has 13 heavy (non-hydrogen) atoms. The highest BCUT2D eigenvalue weighted by Gasteiger charge is 2.03. The summed E-state index contributed by atoms with van der Waals surface area (Å²) < 4.78 is 0. The molecule has 2 rings (SSSR count). The summed E-state index contributed by atoms with van der Waals surface area (Å²) in [6, 6.07) is 1.92. The van der Waals surface area contributed by atoms with Crippen molar-refractivity contribution in [1.82, 2.24) is 15.0 Å². The van der Waals surface area contributed by atoms with Crippen molar-refractivity contribution in [1.29, 1.82) is 0 Å². The minimum atomic E-state index is 0.781. The maximum Gasteiger partial charge on any atom is 0.154 e. The lowest BCUT2D eigenvalue weighted by atomic mass is 10.3. The molecule has 0 unspecified atom stereocenters. The topological polar surface area (TPSA) is 50.7 Å². The molecule has 0 fully saturated rings. The maximum atomic E-state index is 4.31. The summed E-state index contributed by atoms with van der Waals surface area (Å²) in [5.41, 5.74) is 2.63. The molecule has 0 aromatic carbocycles. The smallest absolute Gasteiger partial charge is 0.154 e. The molecule has 4 heteroatoms. The molecule has 2 heterocycles. The predicted octanol–water partition coefficient (Wildman–Crippen LogP) is 1.37. The van der Waals surface area contributed by atoms with E-state index in [1.54, 1.807) is 12.4 Å². The van der Waals surface area contributed by atoms with E-state index in [-0.39, 0.29) is 0 Å². The third-order valence-electron chi connectivity index (χ3n) is 1.82. The maximum absolute atomic E-state index is 4.31. The van der Waals surface area contributed by atoms with E-state index < -0.39 is 0 Å². The molecule has 0 amide bonds. The molecule has 0 saturated heterocycles. The van der Waals surface area contributed by atoms with Crippen LogP contribution in [0.1, 0.15) is 5.69 Å². The molecule has 2 aromatic rings. The molecule has 4 nitrogen and oxygen atoms in total. The molecule has 0 spiro atoms. The summed E-state index contributed by atoms with van der Waals surface area (Å²) >= 11 is 0. The first-order chi connectivity index (χ1) is 6.31. The van der Waals surface area contributed by atoms with Gasteiger partial charge in [0.25, 0.3) is 0 Å². The molecule has 0 atom stereocenters. The van der Waals surface area contributed by atoms with Gasteiger partial charge in [0.15, 0.2) is 5.82 Å². The van der Waals surface area contributed by atoms with Gasteiger partial charge >= 0.3 is 0 Å². The molecule has 0 aliphatic rings. The average molecular weight is 174 g/mol. The highest BCUT2D eigenvalue weighted by Crippen LogP contribution is 2.16. The van der Waals surface area contributed by atoms with Crippen molar-refractivity contribution >= 4 is 16.9 Å². The van der Waals surface area contributed by atoms with Crippen LogP contribution in [-0.2, 0) is 0 Å². The van der Waals surface area contributed by atoms with Crippen LogP contribution in [0.3, 0.4) is 0 Å². The van der Waals surface area contributed by atoms with Gasteiger partial charge in [0.05, 0.1) is 5.52 Å². The Morgan fingerprint density at radius 2 is 2.00 bits per heavy atom. The molecule has 2 aromatic heterocycles. The molecule has 0 bridgehead atoms. The second-order valence-corrected chi connectivity index (χ2v) is 2.79. The SMILES string of the molecule is CNc1nc(C)cc2nccnc12. The monoisotopic (exact) mass is 174 g/mol. The van der Waals surface area contributed by atoms with Crippen LogP contribution in [-0.4, -0.2) is 22.0 Å². The Morgan fingerprint density at radius 3 is 2.77 bits per heavy atom. The van der Waals surface area contributed by atoms with Crippen LogP contribution in [0.4, 0.5) is 5.82 Å². The van der Waals surface area contributed by atoms with E-state index in [2.05, 4.69) is 20.3 Å². The number of fused-ring (bicyclic) bond motifs is 1. The van der Waals surface area contributed by atoms with Crippen molar-refractivity contribution in [3.05, 3.63) is 24.2 Å². The van der Waals surface area contributed by atoms with E-state index in [4.69, 9.17) is 0 Å². The summed E-state index contributed by atoms with van der Waals surface area (Å²) in [4.78, 5) is 12.7. The summed E-state index contributed by atoms with van der Waals surface area (Å²) in [6.45, 7) is 1.94. The molecule has 66 valence electrons. The number of anilines is 1. The predicted molar refractivity (Wildman–Crippen MR) is 51.6 cm³/mol. The van der Waals surface area contributed by atoms with Crippen molar-refractivity contribution < 1.29 is 0 Å². The number of aryl methyl sites for hydroxylation is 1. The third-order valence-corrected chi connectivity index (χ3v) is 1.82. The van der Waals surface area contributed by atoms with Crippen LogP contribution in [0.5, 0.6) is 0 Å². The average Bonchev–Trinajstić information content (AvgIpc) is 2.16. The van der Waals surface area contributed by atoms with Crippen molar-refractivity contribution in [3.8, 4) is 0 Å². The summed E-state index contributed by atoms with van der Waals surface area (Å²) in [7, 11) is 1.83. The van der Waals surface area contributed by atoms with E-state index >= 15 is 0 Å². The fraction of sp³-hybridized carbons (Fsp3) is 0.222. The lowest BCUT2D eigenvalue weighted by Crippen LogP contribution is -1.97. The van der Waals surface area contributed by atoms with Crippen LogP contribution >= 0.6 is 0 Å². The normalized spacial score (nSPS) is 10.3. The number of pyridine rings is 1. The lowest BCUT2D eigenvalue weighted by Gasteiger charge is -2.03. The van der Waals surface area contributed by atoms with Gasteiger partial charge in [-0.2, -0.15) is 0 Å². The van der Waals surface area contributed by atoms with Crippen LogP contribution < -0.4 is 5.32 Å². The fourth-order valence-electron chi connectivity index (χ4n) is 1.27. The minimum absolute atomic E-state index is 0.781. The number of aromatic nitrogens is 3. The molecule has 1 N–H and O–H groups in total. The van der Waals surface area contributed by atoms with Crippen molar-refractivity contribution in [3.63, 3.8) is 0 Å². The quantitative estimate of drug-likeness (QED) is 0.709. The van der Waals surface area contributed by atoms with Crippen LogP contribution in [0.2, 0.25) is 0 Å². The Morgan fingerprint density at radius 1 is 1.23 bits per heavy atom. The number of nitrogens with zero attached hydrogens (tertiary/aromatic N) is 3. The van der Waals surface area contributed by atoms with Gasteiger partial charge in [-0.05, 0) is 13.0 Å². The Bertz CT molecular complexity index is 439. The summed E-state index contributed by atoms with van der Waals surface area (Å²) in [5, 5.41) is 3.00. The number of nitrogens with one attached hydrogen (secondary N) is 1. The number of hydrogen-bond acceptors (Lipinski definition) is 4. The third kappa shape index (κ3) is 1.30. The molecule has 0 radical (unpaired) electrons. The van der Waals surface area contributed by atoms with Gasteiger partial charge in [0.1, 0.15) is 5.52 Å². The van der Waals surface area contributed by atoms with Crippen LogP contribution in [0, 0.1) is 6.92 Å². The fourth-order valence-corrected chi connectivity index (χ4v) is 1.27. The highest BCUT2D eigenvalue weighted by molar-refractivity contribution is 5.85. The summed E-state index contributed by atoms with van der Waals surface area (Å²) in [6.07, 6.45) is 3.35. The van der Waals surface area contributed by atoms with Gasteiger partial charge in [0.2, 0.25) is 0 Å². The molecule has 0 saturated carbocycles. The van der Waals surface area contributed by atoms with Gasteiger partial charge in [-0.25, -0.2) is 9.97 Å². The second kappa shape index (κ2) is 2.97. The largest absolute Gasteiger partial charge is 0.371 e. The zero-order valence-electron chi connectivity index (χ0n) is 7.57. The van der Waals surface area contributed by atoms with Gasteiger partial charge in [-0.1, -0.05) is 0 Å². The van der Waals surface area contributed by atoms with Gasteiger partial charge in [-0.3, -0.25) is 4.98 Å². The van der Waals surface area contributed by atoms with E-state index in [1.165, 1.54) is 0 Å². The van der Waals surface area contributed by atoms with Crippen molar-refractivity contribution in [2.75, 3.05) is 12.4 Å². The highest BCUT2D eigenvalue weighted by atomic mass is 15.0.